The molecule has 1 atom stereocenters. The highest BCUT2D eigenvalue weighted by atomic mass is 32.2. The lowest BCUT2D eigenvalue weighted by molar-refractivity contribution is 0.569. The molecule has 2 rings (SSSR count). The lowest BCUT2D eigenvalue weighted by atomic mass is 10.1. The lowest BCUT2D eigenvalue weighted by Gasteiger charge is -2.38. The van der Waals surface area contributed by atoms with Gasteiger partial charge in [0.05, 0.1) is 0 Å². The summed E-state index contributed by atoms with van der Waals surface area (Å²) in [5.74, 6) is 2.31. The molecule has 20 heavy (non-hydrogen) atoms. The standard InChI is InChI=1S/C16H27N3S/c1-5-7-17-13(2)14-6-8-18-15(11-14)19-9-10-20-16(3,4)12-19/h6,8,11,13,17H,5,7,9-10,12H2,1-4H3. The first-order chi connectivity index (χ1) is 9.52. The number of pyridine rings is 1. The predicted molar refractivity (Wildman–Crippen MR) is 89.7 cm³/mol. The largest absolute Gasteiger partial charge is 0.354 e. The van der Waals surface area contributed by atoms with Gasteiger partial charge in [-0.25, -0.2) is 4.98 Å². The average Bonchev–Trinajstić information content (AvgIpc) is 2.44. The Morgan fingerprint density at radius 1 is 1.50 bits per heavy atom. The molecule has 1 aromatic rings. The average molecular weight is 293 g/mol. The molecule has 0 saturated carbocycles. The molecular formula is C16H27N3S. The summed E-state index contributed by atoms with van der Waals surface area (Å²) in [7, 11) is 0. The molecule has 0 spiro atoms. The predicted octanol–water partition coefficient (Wildman–Crippen LogP) is 3.47. The minimum absolute atomic E-state index is 0.321. The van der Waals surface area contributed by atoms with Crippen LogP contribution in [-0.4, -0.2) is 35.1 Å². The van der Waals surface area contributed by atoms with Gasteiger partial charge in [-0.1, -0.05) is 6.92 Å². The first kappa shape index (κ1) is 15.6. The van der Waals surface area contributed by atoms with Crippen LogP contribution >= 0.6 is 11.8 Å². The molecule has 0 amide bonds. The Labute approximate surface area is 127 Å². The van der Waals surface area contributed by atoms with Crippen LogP contribution in [0, 0.1) is 0 Å². The van der Waals surface area contributed by atoms with Gasteiger partial charge in [-0.05, 0) is 51.4 Å². The normalized spacial score (nSPS) is 19.9. The second kappa shape index (κ2) is 6.81. The van der Waals surface area contributed by atoms with E-state index in [1.165, 1.54) is 17.7 Å². The summed E-state index contributed by atoms with van der Waals surface area (Å²) < 4.78 is 0.321. The molecule has 1 unspecified atom stereocenters. The van der Waals surface area contributed by atoms with Crippen molar-refractivity contribution in [2.24, 2.45) is 0 Å². The molecule has 1 N–H and O–H groups in total. The van der Waals surface area contributed by atoms with Crippen molar-refractivity contribution in [2.45, 2.75) is 44.9 Å². The highest BCUT2D eigenvalue weighted by Crippen LogP contribution is 2.32. The number of rotatable bonds is 5. The van der Waals surface area contributed by atoms with Crippen molar-refractivity contribution in [3.05, 3.63) is 23.9 Å². The van der Waals surface area contributed by atoms with Gasteiger partial charge in [-0.15, -0.1) is 0 Å². The van der Waals surface area contributed by atoms with E-state index in [0.717, 1.165) is 25.5 Å². The Kier molecular flexibility index (Phi) is 5.33. The van der Waals surface area contributed by atoms with Gasteiger partial charge in [0.15, 0.2) is 0 Å². The summed E-state index contributed by atoms with van der Waals surface area (Å²) >= 11 is 2.06. The zero-order valence-corrected chi connectivity index (χ0v) is 14.0. The molecule has 1 aliphatic rings. The van der Waals surface area contributed by atoms with Gasteiger partial charge in [0.2, 0.25) is 0 Å². The van der Waals surface area contributed by atoms with Crippen LogP contribution in [0.2, 0.25) is 0 Å². The van der Waals surface area contributed by atoms with Crippen LogP contribution in [-0.2, 0) is 0 Å². The molecule has 1 fully saturated rings. The number of hydrogen-bond donors (Lipinski definition) is 1. The van der Waals surface area contributed by atoms with E-state index in [4.69, 9.17) is 0 Å². The zero-order valence-electron chi connectivity index (χ0n) is 13.1. The number of aromatic nitrogens is 1. The fraction of sp³-hybridized carbons (Fsp3) is 0.688. The SMILES string of the molecule is CCCNC(C)c1ccnc(N2CCSC(C)(C)C2)c1. The maximum absolute atomic E-state index is 4.58. The Morgan fingerprint density at radius 3 is 3.00 bits per heavy atom. The fourth-order valence-electron chi connectivity index (χ4n) is 2.57. The number of nitrogens with one attached hydrogen (secondary N) is 1. The van der Waals surface area contributed by atoms with Crippen LogP contribution < -0.4 is 10.2 Å². The number of anilines is 1. The summed E-state index contributed by atoms with van der Waals surface area (Å²) in [6.07, 6.45) is 3.11. The second-order valence-electron chi connectivity index (χ2n) is 6.15. The van der Waals surface area contributed by atoms with E-state index >= 15 is 0 Å². The summed E-state index contributed by atoms with van der Waals surface area (Å²) in [5.41, 5.74) is 1.33. The highest BCUT2D eigenvalue weighted by molar-refractivity contribution is 8.00. The van der Waals surface area contributed by atoms with Crippen molar-refractivity contribution < 1.29 is 0 Å². The van der Waals surface area contributed by atoms with E-state index in [9.17, 15) is 0 Å². The molecule has 0 aromatic carbocycles. The molecule has 112 valence electrons. The Hall–Kier alpha value is -0.740. The molecule has 1 saturated heterocycles. The third-order valence-corrected chi connectivity index (χ3v) is 5.02. The van der Waals surface area contributed by atoms with Gasteiger partial charge >= 0.3 is 0 Å². The Bertz CT molecular complexity index is 433. The summed E-state index contributed by atoms with van der Waals surface area (Å²) in [5, 5.41) is 3.54. The summed E-state index contributed by atoms with van der Waals surface area (Å²) in [6.45, 7) is 12.3. The maximum Gasteiger partial charge on any atom is 0.128 e. The molecule has 0 radical (unpaired) electrons. The van der Waals surface area contributed by atoms with Gasteiger partial charge in [-0.3, -0.25) is 0 Å². The quantitative estimate of drug-likeness (QED) is 0.900. The smallest absolute Gasteiger partial charge is 0.128 e. The fourth-order valence-corrected chi connectivity index (χ4v) is 3.68. The zero-order chi connectivity index (χ0) is 14.6. The summed E-state index contributed by atoms with van der Waals surface area (Å²) in [4.78, 5) is 7.00. The number of hydrogen-bond acceptors (Lipinski definition) is 4. The van der Waals surface area contributed by atoms with Crippen molar-refractivity contribution in [1.29, 1.82) is 0 Å². The molecule has 3 nitrogen and oxygen atoms in total. The number of thioether (sulfide) groups is 1. The first-order valence-electron chi connectivity index (χ1n) is 7.60. The van der Waals surface area contributed by atoms with E-state index in [0.29, 0.717) is 10.8 Å². The van der Waals surface area contributed by atoms with E-state index in [1.54, 1.807) is 0 Å². The molecule has 4 heteroatoms. The molecular weight excluding hydrogens is 266 g/mol. The summed E-state index contributed by atoms with van der Waals surface area (Å²) in [6, 6.07) is 4.77. The van der Waals surface area contributed by atoms with E-state index in [1.807, 2.05) is 6.20 Å². The van der Waals surface area contributed by atoms with Crippen LogP contribution in [0.3, 0.4) is 0 Å². The topological polar surface area (TPSA) is 28.2 Å². The van der Waals surface area contributed by atoms with Crippen LogP contribution in [0.25, 0.3) is 0 Å². The maximum atomic E-state index is 4.58. The van der Waals surface area contributed by atoms with E-state index in [-0.39, 0.29) is 0 Å². The molecule has 1 aromatic heterocycles. The first-order valence-corrected chi connectivity index (χ1v) is 8.58. The second-order valence-corrected chi connectivity index (χ2v) is 7.95. The molecule has 0 bridgehead atoms. The van der Waals surface area contributed by atoms with Crippen LogP contribution in [0.15, 0.2) is 18.3 Å². The van der Waals surface area contributed by atoms with Gasteiger partial charge in [-0.2, -0.15) is 11.8 Å². The van der Waals surface area contributed by atoms with Crippen LogP contribution in [0.5, 0.6) is 0 Å². The van der Waals surface area contributed by atoms with Crippen molar-refractivity contribution in [3.63, 3.8) is 0 Å². The minimum atomic E-state index is 0.321. The molecule has 0 aliphatic carbocycles. The van der Waals surface area contributed by atoms with Gasteiger partial charge in [0.1, 0.15) is 5.82 Å². The van der Waals surface area contributed by atoms with Crippen molar-refractivity contribution in [1.82, 2.24) is 10.3 Å². The lowest BCUT2D eigenvalue weighted by Crippen LogP contribution is -2.43. The Balaban J connectivity index is 2.09. The minimum Gasteiger partial charge on any atom is -0.354 e. The van der Waals surface area contributed by atoms with E-state index in [2.05, 4.69) is 66.8 Å². The van der Waals surface area contributed by atoms with Crippen molar-refractivity contribution in [3.8, 4) is 0 Å². The van der Waals surface area contributed by atoms with Crippen LogP contribution in [0.1, 0.15) is 45.7 Å². The third-order valence-electron chi connectivity index (χ3n) is 3.72. The monoisotopic (exact) mass is 293 g/mol. The van der Waals surface area contributed by atoms with Gasteiger partial charge < -0.3 is 10.2 Å². The third kappa shape index (κ3) is 4.13. The van der Waals surface area contributed by atoms with Gasteiger partial charge in [0.25, 0.3) is 0 Å². The number of nitrogens with zero attached hydrogens (tertiary/aromatic N) is 2. The van der Waals surface area contributed by atoms with Crippen molar-refractivity contribution >= 4 is 17.6 Å². The molecule has 1 aliphatic heterocycles. The Morgan fingerprint density at radius 2 is 2.30 bits per heavy atom. The van der Waals surface area contributed by atoms with Crippen LogP contribution in [0.4, 0.5) is 5.82 Å². The van der Waals surface area contributed by atoms with Crippen molar-refractivity contribution in [2.75, 3.05) is 30.3 Å². The highest BCUT2D eigenvalue weighted by Gasteiger charge is 2.27. The van der Waals surface area contributed by atoms with Gasteiger partial charge in [0, 0.05) is 35.8 Å². The van der Waals surface area contributed by atoms with E-state index < -0.39 is 0 Å². The molecule has 2 heterocycles.